The Morgan fingerprint density at radius 2 is 0.397 bits per heavy atom. The predicted octanol–water partition coefficient (Wildman–Crippen LogP) is 48.8. The maximum Gasteiger partial charge on any atom is 0.0445 e. The monoisotopic (exact) mass is 1930 g/mol. The molecule has 0 N–H and O–H groups in total. The minimum absolute atomic E-state index is 0.133. The Morgan fingerprint density at radius 1 is 0.177 bits per heavy atom. The molecule has 0 spiro atoms. The Bertz CT molecular complexity index is 3470. The molecule has 0 bridgehead atoms. The highest BCUT2D eigenvalue weighted by Gasteiger charge is 2.80. The molecule has 0 saturated carbocycles. The number of benzene rings is 5. The van der Waals surface area contributed by atoms with Crippen LogP contribution in [0.25, 0.3) is 0 Å². The van der Waals surface area contributed by atoms with Crippen LogP contribution in [0.5, 0.6) is 0 Å². The average molecular weight is 1940 g/mol. The zero-order valence-corrected chi connectivity index (χ0v) is 96.6. The maximum absolute atomic E-state index is 2.89. The minimum atomic E-state index is -0.612. The summed E-state index contributed by atoms with van der Waals surface area (Å²) in [5.41, 5.74) is 10.4. The van der Waals surface area contributed by atoms with Crippen molar-refractivity contribution in [2.75, 3.05) is 0 Å². The van der Waals surface area contributed by atoms with Crippen LogP contribution in [0.15, 0.2) is 163 Å². The van der Waals surface area contributed by atoms with Gasteiger partial charge in [0.25, 0.3) is 0 Å². The van der Waals surface area contributed by atoms with E-state index in [0.717, 1.165) is 12.8 Å². The zero-order valence-electron chi connectivity index (χ0n) is 96.6. The van der Waals surface area contributed by atoms with E-state index in [-0.39, 0.29) is 5.41 Å². The fourth-order valence-corrected chi connectivity index (χ4v) is 28.9. The van der Waals surface area contributed by atoms with Gasteiger partial charge in [-0.05, 0) is 134 Å². The molecule has 5 aromatic rings. The molecule has 4 atom stereocenters. The summed E-state index contributed by atoms with van der Waals surface area (Å²) < 4.78 is 0. The number of hydrogen-bond donors (Lipinski definition) is 0. The van der Waals surface area contributed by atoms with E-state index in [1.807, 2.05) is 11.1 Å². The van der Waals surface area contributed by atoms with Gasteiger partial charge in [-0.1, -0.05) is 733 Å². The van der Waals surface area contributed by atoms with E-state index < -0.39 is 21.7 Å². The molecule has 0 heterocycles. The van der Waals surface area contributed by atoms with Crippen LogP contribution >= 0.6 is 0 Å². The van der Waals surface area contributed by atoms with Crippen molar-refractivity contribution in [2.45, 2.75) is 682 Å². The van der Waals surface area contributed by atoms with Gasteiger partial charge in [0.1, 0.15) is 0 Å². The summed E-state index contributed by atoms with van der Waals surface area (Å²) in [5.74, 6) is 0.520. The lowest BCUT2D eigenvalue weighted by molar-refractivity contribution is -0.0825. The smallest absolute Gasteiger partial charge is 0.0445 e. The van der Waals surface area contributed by atoms with Crippen LogP contribution in [0.1, 0.15) is 688 Å². The van der Waals surface area contributed by atoms with Crippen molar-refractivity contribution < 1.29 is 0 Å². The van der Waals surface area contributed by atoms with Crippen molar-refractivity contribution >= 4 is 0 Å². The summed E-state index contributed by atoms with van der Waals surface area (Å²) >= 11 is 0. The average Bonchev–Trinajstić information content (AvgIpc) is 0.624. The summed E-state index contributed by atoms with van der Waals surface area (Å²) in [6, 6.07) is 66.3. The molecule has 141 heavy (non-hydrogen) atoms. The Kier molecular flexibility index (Phi) is 73.6. The lowest BCUT2D eigenvalue weighted by Gasteiger charge is -2.77. The Labute approximate surface area is 882 Å². The third kappa shape index (κ3) is 43.4. The molecular weight excluding hydrogens is 1690 g/mol. The van der Waals surface area contributed by atoms with Gasteiger partial charge in [-0.3, -0.25) is 0 Å². The quantitative estimate of drug-likeness (QED) is 0.0269. The van der Waals surface area contributed by atoms with Crippen LogP contribution in [0.4, 0.5) is 0 Å². The second-order valence-corrected chi connectivity index (χ2v) is 47.3. The first-order valence-electron chi connectivity index (χ1n) is 64.8. The maximum atomic E-state index is 2.89. The summed E-state index contributed by atoms with van der Waals surface area (Å²) in [6.07, 6.45) is 127. The first kappa shape index (κ1) is 126. The molecular formula is C141H240. The normalized spacial score (nSPS) is 16.4. The van der Waals surface area contributed by atoms with Gasteiger partial charge in [0, 0.05) is 21.7 Å². The topological polar surface area (TPSA) is 0 Å². The summed E-state index contributed by atoms with van der Waals surface area (Å²) in [7, 11) is 0. The molecule has 0 aliphatic heterocycles. The number of hydrogen-bond acceptors (Lipinski definition) is 0. The first-order valence-corrected chi connectivity index (χ1v) is 64.8. The molecule has 5 aromatic carbocycles. The van der Waals surface area contributed by atoms with Gasteiger partial charge in [-0.15, -0.1) is 0 Å². The van der Waals surface area contributed by atoms with E-state index in [1.165, 1.54) is 578 Å². The van der Waals surface area contributed by atoms with Crippen molar-refractivity contribution in [1.29, 1.82) is 0 Å². The molecule has 4 unspecified atom stereocenters. The molecule has 804 valence electrons. The Balaban J connectivity index is 1.62. The molecule has 6 rings (SSSR count). The molecule has 0 aromatic heterocycles. The first-order chi connectivity index (χ1) is 69.8. The van der Waals surface area contributed by atoms with Crippen LogP contribution in [0.3, 0.4) is 0 Å². The van der Waals surface area contributed by atoms with Crippen molar-refractivity contribution in [3.05, 3.63) is 191 Å². The second kappa shape index (κ2) is 82.7. The second-order valence-electron chi connectivity index (χ2n) is 47.3. The van der Waals surface area contributed by atoms with Crippen molar-refractivity contribution in [3.63, 3.8) is 0 Å². The number of rotatable bonds is 100. The predicted molar refractivity (Wildman–Crippen MR) is 635 cm³/mol. The van der Waals surface area contributed by atoms with Crippen LogP contribution in [0, 0.1) is 16.7 Å². The summed E-state index contributed by atoms with van der Waals surface area (Å²) in [6.45, 7) is 24.7. The molecule has 0 nitrogen and oxygen atoms in total. The van der Waals surface area contributed by atoms with Crippen LogP contribution in [0.2, 0.25) is 0 Å². The molecule has 0 radical (unpaired) electrons. The van der Waals surface area contributed by atoms with E-state index in [1.54, 1.807) is 27.8 Å². The standard InChI is InChI=1S/C141H240/c1-11-21-31-38-45-47-49-50-51-52-53-54-55-56-57-58-59-60-61-62-63-64-65-66-67-68-70-72-75-99-119-135-134(118-98-74-40-33-23-13-3)138(129-108-87-81-88-109-129,126-104-79-73-71-69-48-46-39-32-22-12-2)140(131-112-91-83-92-113-131,132-114-93-84-94-115-132)139(130-110-89-82-90-111-130,127-105-80-44-37-27-17-7)141(135,133-116-95-85-96-117-133)137(124-29-19-9,125-30-20-10)128(106-28-18-8)107-97-86-103-123-136(120-100-76-41-34-24-14-4,121-101-77-42-35-25-15-5)122-102-78-43-36-26-16-6/h81-85,87-96,108-117,128H,11-80,86,97-107,118-127H2,1-10H3. The third-order valence-corrected chi connectivity index (χ3v) is 36.4. The third-order valence-electron chi connectivity index (χ3n) is 36.4. The lowest BCUT2D eigenvalue weighted by atomic mass is 9.24. The van der Waals surface area contributed by atoms with Crippen molar-refractivity contribution in [1.82, 2.24) is 0 Å². The van der Waals surface area contributed by atoms with Crippen molar-refractivity contribution in [2.24, 2.45) is 16.7 Å². The molecule has 0 amide bonds. The molecule has 0 fully saturated rings. The van der Waals surface area contributed by atoms with Crippen LogP contribution in [-0.4, -0.2) is 0 Å². The van der Waals surface area contributed by atoms with Crippen LogP contribution in [-0.2, 0) is 21.7 Å². The number of allylic oxidation sites excluding steroid dienone is 2. The lowest BCUT2D eigenvalue weighted by Crippen LogP contribution is -2.77. The van der Waals surface area contributed by atoms with Gasteiger partial charge < -0.3 is 0 Å². The zero-order chi connectivity index (χ0) is 100. The van der Waals surface area contributed by atoms with E-state index >= 15 is 0 Å². The Hall–Kier alpha value is -4.16. The highest BCUT2D eigenvalue weighted by atomic mass is 14.8. The number of unbranched alkanes of at least 4 members (excludes halogenated alkanes) is 69. The van der Waals surface area contributed by atoms with E-state index in [9.17, 15) is 0 Å². The van der Waals surface area contributed by atoms with Gasteiger partial charge in [0.15, 0.2) is 0 Å². The van der Waals surface area contributed by atoms with Gasteiger partial charge in [0.2, 0.25) is 0 Å². The fourth-order valence-electron chi connectivity index (χ4n) is 28.9. The SMILES string of the molecule is CCCCCCCCCCCCCCCCCCCCCCCCCCCCCCCCC1=C(CCCCCCCC)C(CCCCCCCCCCCCC)(c2ccccc2)C(c2ccccc2)(c2ccccc2)C(CCCCCCCC)(c2ccccc2)C1(c1ccccc1)C(CCCC)(CCCC)C(CCCC)CCCCCC(CCCCCCCC)(CCCCCCCC)CCCCCCCC. The molecule has 1 aliphatic carbocycles. The van der Waals surface area contributed by atoms with Crippen LogP contribution < -0.4 is 0 Å². The summed E-state index contributed by atoms with van der Waals surface area (Å²) in [5, 5.41) is 0. The van der Waals surface area contributed by atoms with E-state index in [0.29, 0.717) is 11.3 Å². The Morgan fingerprint density at radius 3 is 0.688 bits per heavy atom. The minimum Gasteiger partial charge on any atom is -0.0654 e. The van der Waals surface area contributed by atoms with Gasteiger partial charge in [-0.25, -0.2) is 0 Å². The largest absolute Gasteiger partial charge is 0.0654 e. The molecule has 0 heteroatoms. The van der Waals surface area contributed by atoms with Gasteiger partial charge in [0.05, 0.1) is 0 Å². The van der Waals surface area contributed by atoms with E-state index in [2.05, 4.69) is 221 Å². The van der Waals surface area contributed by atoms with Gasteiger partial charge >= 0.3 is 0 Å². The summed E-state index contributed by atoms with van der Waals surface area (Å²) in [4.78, 5) is 0. The fraction of sp³-hybridized carbons (Fsp3) is 0.773. The highest BCUT2D eigenvalue weighted by molar-refractivity contribution is 5.71. The van der Waals surface area contributed by atoms with Crippen molar-refractivity contribution in [3.8, 4) is 0 Å². The van der Waals surface area contributed by atoms with Gasteiger partial charge in [-0.2, -0.15) is 0 Å². The molecule has 1 aliphatic rings. The molecule has 0 saturated heterocycles. The van der Waals surface area contributed by atoms with E-state index in [4.69, 9.17) is 0 Å². The highest BCUT2D eigenvalue weighted by Crippen LogP contribution is 2.81.